The Morgan fingerprint density at radius 2 is 1.72 bits per heavy atom. The summed E-state index contributed by atoms with van der Waals surface area (Å²) in [5.41, 5.74) is 1.43. The minimum absolute atomic E-state index is 0.0821. The summed E-state index contributed by atoms with van der Waals surface area (Å²) in [7, 11) is 1.82. The molecule has 1 heterocycles. The zero-order valence-electron chi connectivity index (χ0n) is 20.3. The molecule has 36 heavy (non-hydrogen) atoms. The van der Waals surface area contributed by atoms with E-state index in [-0.39, 0.29) is 35.0 Å². The first-order chi connectivity index (χ1) is 17.3. The molecule has 1 aliphatic carbocycles. The van der Waals surface area contributed by atoms with E-state index in [1.54, 1.807) is 36.1 Å². The zero-order chi connectivity index (χ0) is 25.8. The quantitative estimate of drug-likeness (QED) is 0.429. The maximum Gasteiger partial charge on any atom is 0.338 e. The number of imide groups is 1. The SMILES string of the molecule is CCOC(=O)c1ccc(N2C(=O)C(Cl)=C(Nc3cccc(C(=O)N(C)C4CCCCC4)c3)C2=O)cc1. The largest absolute Gasteiger partial charge is 0.462 e. The number of nitrogens with one attached hydrogen (secondary N) is 1. The van der Waals surface area contributed by atoms with Crippen molar-refractivity contribution in [2.75, 3.05) is 23.9 Å². The van der Waals surface area contributed by atoms with Gasteiger partial charge in [-0.05, 0) is 62.2 Å². The maximum atomic E-state index is 13.1. The number of carbonyl (C=O) groups excluding carboxylic acids is 4. The lowest BCUT2D eigenvalue weighted by molar-refractivity contribution is -0.120. The van der Waals surface area contributed by atoms with Crippen molar-refractivity contribution in [3.8, 4) is 0 Å². The third kappa shape index (κ3) is 5.14. The van der Waals surface area contributed by atoms with E-state index in [1.165, 1.54) is 30.7 Å². The Kier molecular flexibility index (Phi) is 7.74. The lowest BCUT2D eigenvalue weighted by atomic mass is 9.94. The number of ether oxygens (including phenoxy) is 1. The number of halogens is 1. The molecule has 188 valence electrons. The Labute approximate surface area is 214 Å². The van der Waals surface area contributed by atoms with Crippen molar-refractivity contribution in [2.45, 2.75) is 45.1 Å². The lowest BCUT2D eigenvalue weighted by Gasteiger charge is -2.31. The molecule has 2 aromatic rings. The first-order valence-electron chi connectivity index (χ1n) is 12.0. The predicted molar refractivity (Wildman–Crippen MR) is 137 cm³/mol. The molecule has 1 aliphatic heterocycles. The molecule has 0 unspecified atom stereocenters. The molecular weight excluding hydrogens is 482 g/mol. The van der Waals surface area contributed by atoms with Crippen molar-refractivity contribution in [1.82, 2.24) is 4.90 Å². The van der Waals surface area contributed by atoms with Gasteiger partial charge >= 0.3 is 5.97 Å². The number of rotatable bonds is 7. The van der Waals surface area contributed by atoms with Crippen LogP contribution >= 0.6 is 11.6 Å². The Morgan fingerprint density at radius 3 is 2.39 bits per heavy atom. The summed E-state index contributed by atoms with van der Waals surface area (Å²) in [5.74, 6) is -1.91. The van der Waals surface area contributed by atoms with Crippen LogP contribution in [0.3, 0.4) is 0 Å². The second-order valence-corrected chi connectivity index (χ2v) is 9.19. The molecule has 2 aromatic carbocycles. The van der Waals surface area contributed by atoms with E-state index >= 15 is 0 Å². The Morgan fingerprint density at radius 1 is 1.03 bits per heavy atom. The standard InChI is InChI=1S/C27H28ClN3O5/c1-3-36-27(35)17-12-14-21(15-13-17)31-25(33)22(28)23(26(31)34)29-19-9-7-8-18(16-19)24(32)30(2)20-10-5-4-6-11-20/h7-9,12-16,20,29H,3-6,10-11H2,1-2H3. The summed E-state index contributed by atoms with van der Waals surface area (Å²) < 4.78 is 4.96. The second-order valence-electron chi connectivity index (χ2n) is 8.82. The van der Waals surface area contributed by atoms with E-state index in [0.29, 0.717) is 16.8 Å². The van der Waals surface area contributed by atoms with Crippen molar-refractivity contribution >= 4 is 46.7 Å². The summed E-state index contributed by atoms with van der Waals surface area (Å²) in [6.45, 7) is 1.94. The second kappa shape index (κ2) is 11.0. The molecule has 0 radical (unpaired) electrons. The molecule has 2 aliphatic rings. The van der Waals surface area contributed by atoms with Crippen molar-refractivity contribution in [1.29, 1.82) is 0 Å². The van der Waals surface area contributed by atoms with Crippen molar-refractivity contribution in [3.63, 3.8) is 0 Å². The number of esters is 1. The third-order valence-electron chi connectivity index (χ3n) is 6.49. The molecule has 1 fully saturated rings. The van der Waals surface area contributed by atoms with Crippen LogP contribution < -0.4 is 10.2 Å². The molecule has 0 saturated heterocycles. The first-order valence-corrected chi connectivity index (χ1v) is 12.4. The van der Waals surface area contributed by atoms with Crippen LogP contribution in [0.2, 0.25) is 0 Å². The highest BCUT2D eigenvalue weighted by molar-refractivity contribution is 6.53. The highest BCUT2D eigenvalue weighted by Crippen LogP contribution is 2.31. The van der Waals surface area contributed by atoms with Crippen LogP contribution in [0, 0.1) is 0 Å². The van der Waals surface area contributed by atoms with Crippen LogP contribution in [0.25, 0.3) is 0 Å². The van der Waals surface area contributed by atoms with Gasteiger partial charge in [0, 0.05) is 24.3 Å². The Hall–Kier alpha value is -3.65. The Bertz CT molecular complexity index is 1220. The van der Waals surface area contributed by atoms with E-state index in [1.807, 2.05) is 7.05 Å². The lowest BCUT2D eigenvalue weighted by Crippen LogP contribution is -2.38. The van der Waals surface area contributed by atoms with E-state index in [0.717, 1.165) is 30.6 Å². The fraction of sp³-hybridized carbons (Fsp3) is 0.333. The number of anilines is 2. The molecule has 1 saturated carbocycles. The number of hydrogen-bond acceptors (Lipinski definition) is 6. The predicted octanol–water partition coefficient (Wildman–Crippen LogP) is 4.70. The molecule has 0 bridgehead atoms. The molecule has 0 atom stereocenters. The van der Waals surface area contributed by atoms with Crippen LogP contribution in [0.15, 0.2) is 59.3 Å². The highest BCUT2D eigenvalue weighted by atomic mass is 35.5. The van der Waals surface area contributed by atoms with Crippen LogP contribution in [0.1, 0.15) is 59.7 Å². The van der Waals surface area contributed by atoms with Gasteiger partial charge < -0.3 is 15.0 Å². The van der Waals surface area contributed by atoms with Crippen molar-refractivity contribution in [3.05, 3.63) is 70.4 Å². The van der Waals surface area contributed by atoms with Crippen molar-refractivity contribution in [2.24, 2.45) is 0 Å². The number of carbonyl (C=O) groups is 4. The fourth-order valence-corrected chi connectivity index (χ4v) is 4.73. The molecule has 1 N–H and O–H groups in total. The summed E-state index contributed by atoms with van der Waals surface area (Å²) in [6.07, 6.45) is 5.43. The van der Waals surface area contributed by atoms with Gasteiger partial charge in [0.1, 0.15) is 10.7 Å². The van der Waals surface area contributed by atoms with Gasteiger partial charge in [0.15, 0.2) is 0 Å². The smallest absolute Gasteiger partial charge is 0.338 e. The van der Waals surface area contributed by atoms with Gasteiger partial charge in [-0.3, -0.25) is 14.4 Å². The minimum Gasteiger partial charge on any atom is -0.462 e. The molecule has 0 aromatic heterocycles. The highest BCUT2D eigenvalue weighted by Gasteiger charge is 2.39. The van der Waals surface area contributed by atoms with Crippen molar-refractivity contribution < 1.29 is 23.9 Å². The number of nitrogens with zero attached hydrogens (tertiary/aromatic N) is 2. The van der Waals surface area contributed by atoms with Gasteiger partial charge in [0.05, 0.1) is 17.9 Å². The summed E-state index contributed by atoms with van der Waals surface area (Å²) in [4.78, 5) is 53.6. The molecule has 8 nitrogen and oxygen atoms in total. The van der Waals surface area contributed by atoms with Crippen LogP contribution in [0.4, 0.5) is 11.4 Å². The third-order valence-corrected chi connectivity index (χ3v) is 6.84. The Balaban J connectivity index is 1.50. The number of hydrogen-bond donors (Lipinski definition) is 1. The molecular formula is C27H28ClN3O5. The molecule has 9 heteroatoms. The fourth-order valence-electron chi connectivity index (χ4n) is 4.52. The summed E-state index contributed by atoms with van der Waals surface area (Å²) >= 11 is 6.25. The van der Waals surface area contributed by atoms with Crippen LogP contribution in [0.5, 0.6) is 0 Å². The van der Waals surface area contributed by atoms with Gasteiger partial charge in [0.2, 0.25) is 0 Å². The average Bonchev–Trinajstić information content (AvgIpc) is 3.11. The van der Waals surface area contributed by atoms with E-state index < -0.39 is 17.8 Å². The normalized spacial score (nSPS) is 16.4. The van der Waals surface area contributed by atoms with E-state index in [2.05, 4.69) is 5.32 Å². The summed E-state index contributed by atoms with van der Waals surface area (Å²) in [6, 6.07) is 12.9. The number of amides is 3. The monoisotopic (exact) mass is 509 g/mol. The average molecular weight is 510 g/mol. The van der Waals surface area contributed by atoms with Gasteiger partial charge in [0.25, 0.3) is 17.7 Å². The molecule has 0 spiro atoms. The van der Waals surface area contributed by atoms with Crippen LogP contribution in [-0.2, 0) is 14.3 Å². The summed E-state index contributed by atoms with van der Waals surface area (Å²) in [5, 5.41) is 2.66. The maximum absolute atomic E-state index is 13.1. The van der Waals surface area contributed by atoms with E-state index in [4.69, 9.17) is 16.3 Å². The molecule has 4 rings (SSSR count). The van der Waals surface area contributed by atoms with Crippen LogP contribution in [-0.4, -0.2) is 48.3 Å². The first kappa shape index (κ1) is 25.4. The van der Waals surface area contributed by atoms with Gasteiger partial charge in [-0.1, -0.05) is 36.9 Å². The van der Waals surface area contributed by atoms with E-state index in [9.17, 15) is 19.2 Å². The molecule has 3 amide bonds. The minimum atomic E-state index is -0.683. The number of benzene rings is 2. The van der Waals surface area contributed by atoms with Gasteiger partial charge in [-0.25, -0.2) is 9.69 Å². The van der Waals surface area contributed by atoms with Gasteiger partial charge in [-0.15, -0.1) is 0 Å². The van der Waals surface area contributed by atoms with Gasteiger partial charge in [-0.2, -0.15) is 0 Å². The zero-order valence-corrected chi connectivity index (χ0v) is 21.0. The topological polar surface area (TPSA) is 96.0 Å².